The Morgan fingerprint density at radius 3 is 2.66 bits per heavy atom. The second-order valence-corrected chi connectivity index (χ2v) is 9.91. The second-order valence-electron chi connectivity index (χ2n) is 6.85. The summed E-state index contributed by atoms with van der Waals surface area (Å²) in [5.74, 6) is -0.849. The minimum absolute atomic E-state index is 0.0703. The number of halogens is 1. The summed E-state index contributed by atoms with van der Waals surface area (Å²) in [5.41, 5.74) is 0.199. The van der Waals surface area contributed by atoms with Crippen LogP contribution in [-0.2, 0) is 21.2 Å². The van der Waals surface area contributed by atoms with Crippen LogP contribution in [0.15, 0.2) is 41.3 Å². The van der Waals surface area contributed by atoms with E-state index in [1.165, 1.54) is 25.3 Å². The van der Waals surface area contributed by atoms with Gasteiger partial charge in [0.15, 0.2) is 9.84 Å². The smallest absolute Gasteiger partial charge is 0.293 e. The van der Waals surface area contributed by atoms with Gasteiger partial charge >= 0.3 is 0 Å². The van der Waals surface area contributed by atoms with E-state index in [2.05, 4.69) is 10.6 Å². The minimum atomic E-state index is -3.59. The van der Waals surface area contributed by atoms with E-state index in [1.807, 2.05) is 0 Å². The normalized spacial score (nSPS) is 11.5. The van der Waals surface area contributed by atoms with Gasteiger partial charge in [-0.1, -0.05) is 6.07 Å². The summed E-state index contributed by atoms with van der Waals surface area (Å²) in [4.78, 5) is 23.5. The molecule has 2 aromatic carbocycles. The number of anilines is 1. The molecular formula is C20H20FN3O6S2. The number of methoxy groups -OCH3 is 1. The number of nitro benzene ring substituents is 1. The Labute approximate surface area is 187 Å². The molecule has 0 radical (unpaired) electrons. The van der Waals surface area contributed by atoms with Crippen molar-refractivity contribution in [2.45, 2.75) is 11.5 Å². The largest absolute Gasteiger partial charge is 0.380 e. The highest BCUT2D eigenvalue weighted by molar-refractivity contribution is 7.90. The Morgan fingerprint density at radius 2 is 2.00 bits per heavy atom. The van der Waals surface area contributed by atoms with Crippen LogP contribution in [0.2, 0.25) is 0 Å². The van der Waals surface area contributed by atoms with Crippen LogP contribution in [-0.4, -0.2) is 45.7 Å². The predicted octanol–water partition coefficient (Wildman–Crippen LogP) is 3.34. The summed E-state index contributed by atoms with van der Waals surface area (Å²) in [7, 11) is -2.13. The lowest BCUT2D eigenvalue weighted by molar-refractivity contribution is -0.384. The van der Waals surface area contributed by atoms with E-state index in [9.17, 15) is 27.7 Å². The van der Waals surface area contributed by atoms with Gasteiger partial charge in [0, 0.05) is 48.2 Å². The third kappa shape index (κ3) is 5.03. The molecule has 0 atom stereocenters. The molecule has 0 aliphatic carbocycles. The highest BCUT2D eigenvalue weighted by Crippen LogP contribution is 2.33. The molecule has 2 N–H and O–H groups in total. The highest BCUT2D eigenvalue weighted by atomic mass is 32.2. The van der Waals surface area contributed by atoms with Crippen molar-refractivity contribution >= 4 is 48.5 Å². The number of carbonyl (C=O) groups excluding carboxylic acids is 1. The van der Waals surface area contributed by atoms with Crippen LogP contribution in [0.25, 0.3) is 10.1 Å². The molecule has 1 amide bonds. The van der Waals surface area contributed by atoms with Crippen molar-refractivity contribution in [3.05, 3.63) is 62.8 Å². The number of fused-ring (bicyclic) bond motifs is 1. The Balaban J connectivity index is 1.70. The molecule has 32 heavy (non-hydrogen) atoms. The number of nitrogens with one attached hydrogen (secondary N) is 2. The number of hydrogen-bond donors (Lipinski definition) is 2. The van der Waals surface area contributed by atoms with Crippen molar-refractivity contribution < 1.29 is 27.3 Å². The first kappa shape index (κ1) is 23.6. The Hall–Kier alpha value is -3.09. The van der Waals surface area contributed by atoms with Crippen LogP contribution in [0.5, 0.6) is 0 Å². The Kier molecular flexibility index (Phi) is 7.06. The van der Waals surface area contributed by atoms with E-state index in [-0.39, 0.29) is 36.0 Å². The van der Waals surface area contributed by atoms with Crippen LogP contribution < -0.4 is 10.6 Å². The molecule has 0 saturated heterocycles. The summed E-state index contributed by atoms with van der Waals surface area (Å²) in [6.07, 6.45) is 0.965. The zero-order chi connectivity index (χ0) is 23.5. The van der Waals surface area contributed by atoms with Crippen LogP contribution in [0, 0.1) is 15.9 Å². The zero-order valence-corrected chi connectivity index (χ0v) is 18.8. The first-order valence-corrected chi connectivity index (χ1v) is 12.0. The van der Waals surface area contributed by atoms with E-state index in [4.69, 9.17) is 4.74 Å². The SMILES string of the molecule is COCc1c(C(=O)NCCNc2ccc(S(C)(=O)=O)cc2[N+](=O)[O-])sc2cccc(F)c12. The molecule has 170 valence electrons. The van der Waals surface area contributed by atoms with E-state index in [1.54, 1.807) is 12.1 Å². The number of nitrogens with zero attached hydrogens (tertiary/aromatic N) is 1. The van der Waals surface area contributed by atoms with E-state index >= 15 is 0 Å². The van der Waals surface area contributed by atoms with Gasteiger partial charge < -0.3 is 15.4 Å². The molecule has 0 aliphatic heterocycles. The van der Waals surface area contributed by atoms with E-state index < -0.39 is 26.5 Å². The number of rotatable bonds is 9. The third-order valence-electron chi connectivity index (χ3n) is 4.58. The maximum atomic E-state index is 14.3. The minimum Gasteiger partial charge on any atom is -0.380 e. The molecule has 0 bridgehead atoms. The van der Waals surface area contributed by atoms with Crippen molar-refractivity contribution in [2.75, 3.05) is 31.8 Å². The Bertz CT molecular complexity index is 1290. The monoisotopic (exact) mass is 481 g/mol. The number of amides is 1. The van der Waals surface area contributed by atoms with Crippen molar-refractivity contribution in [3.63, 3.8) is 0 Å². The van der Waals surface area contributed by atoms with Crippen molar-refractivity contribution in [1.29, 1.82) is 0 Å². The zero-order valence-electron chi connectivity index (χ0n) is 17.2. The topological polar surface area (TPSA) is 128 Å². The molecule has 0 saturated carbocycles. The fourth-order valence-electron chi connectivity index (χ4n) is 3.13. The van der Waals surface area contributed by atoms with E-state index in [0.717, 1.165) is 23.7 Å². The molecule has 0 aliphatic rings. The average molecular weight is 482 g/mol. The number of thiophene rings is 1. The standard InChI is InChI=1S/C20H20FN3O6S2/c1-30-11-13-18-14(21)4-3-5-17(18)31-19(13)20(25)23-9-8-22-15-7-6-12(32(2,28)29)10-16(15)24(26)27/h3-7,10,22H,8-9,11H2,1-2H3,(H,23,25). The quantitative estimate of drug-likeness (QED) is 0.273. The van der Waals surface area contributed by atoms with Gasteiger partial charge in [0.1, 0.15) is 11.5 Å². The van der Waals surface area contributed by atoms with Gasteiger partial charge in [-0.25, -0.2) is 12.8 Å². The highest BCUT2D eigenvalue weighted by Gasteiger charge is 2.21. The van der Waals surface area contributed by atoms with Crippen molar-refractivity contribution in [1.82, 2.24) is 5.32 Å². The van der Waals surface area contributed by atoms with Gasteiger partial charge in [-0.15, -0.1) is 11.3 Å². The number of nitro groups is 1. The van der Waals surface area contributed by atoms with Crippen molar-refractivity contribution in [3.8, 4) is 0 Å². The maximum absolute atomic E-state index is 14.3. The summed E-state index contributed by atoms with van der Waals surface area (Å²) < 4.78 is 43.3. The van der Waals surface area contributed by atoms with Gasteiger partial charge in [-0.3, -0.25) is 14.9 Å². The predicted molar refractivity (Wildman–Crippen MR) is 120 cm³/mol. The fourth-order valence-corrected chi connectivity index (χ4v) is 4.91. The molecule has 12 heteroatoms. The second kappa shape index (κ2) is 9.59. The van der Waals surface area contributed by atoms with Gasteiger partial charge in [-0.2, -0.15) is 0 Å². The number of ether oxygens (including phenoxy) is 1. The van der Waals surface area contributed by atoms with Gasteiger partial charge in [0.05, 0.1) is 21.3 Å². The molecule has 0 spiro atoms. The van der Waals surface area contributed by atoms with Gasteiger partial charge in [-0.05, 0) is 24.3 Å². The molecule has 9 nitrogen and oxygen atoms in total. The molecule has 3 rings (SSSR count). The molecule has 1 heterocycles. The summed E-state index contributed by atoms with van der Waals surface area (Å²) in [5, 5.41) is 17.2. The van der Waals surface area contributed by atoms with Crippen molar-refractivity contribution in [2.24, 2.45) is 0 Å². The van der Waals surface area contributed by atoms with Crippen LogP contribution in [0.3, 0.4) is 0 Å². The average Bonchev–Trinajstić information content (AvgIpc) is 3.10. The summed E-state index contributed by atoms with van der Waals surface area (Å²) in [6.45, 7) is 0.331. The Morgan fingerprint density at radius 1 is 1.25 bits per heavy atom. The van der Waals surface area contributed by atoms with Gasteiger partial charge in [0.2, 0.25) is 0 Å². The van der Waals surface area contributed by atoms with Crippen LogP contribution >= 0.6 is 11.3 Å². The molecular weight excluding hydrogens is 461 g/mol. The number of benzene rings is 2. The first-order chi connectivity index (χ1) is 15.1. The lowest BCUT2D eigenvalue weighted by Gasteiger charge is -2.10. The molecule has 0 unspecified atom stereocenters. The molecule has 1 aromatic heterocycles. The summed E-state index contributed by atoms with van der Waals surface area (Å²) >= 11 is 1.15. The number of hydrogen-bond acceptors (Lipinski definition) is 8. The van der Waals surface area contributed by atoms with Crippen LogP contribution in [0.1, 0.15) is 15.2 Å². The maximum Gasteiger partial charge on any atom is 0.293 e. The number of sulfone groups is 1. The van der Waals surface area contributed by atoms with Crippen LogP contribution in [0.4, 0.5) is 15.8 Å². The molecule has 3 aromatic rings. The number of carbonyl (C=O) groups is 1. The lowest BCUT2D eigenvalue weighted by Crippen LogP contribution is -2.29. The third-order valence-corrected chi connectivity index (χ3v) is 6.88. The molecule has 0 fully saturated rings. The summed E-state index contributed by atoms with van der Waals surface area (Å²) in [6, 6.07) is 8.17. The first-order valence-electron chi connectivity index (χ1n) is 9.33. The fraction of sp³-hybridized carbons (Fsp3) is 0.250. The van der Waals surface area contributed by atoms with E-state index in [0.29, 0.717) is 20.5 Å². The van der Waals surface area contributed by atoms with Gasteiger partial charge in [0.25, 0.3) is 11.6 Å². The lowest BCUT2D eigenvalue weighted by atomic mass is 10.1.